The summed E-state index contributed by atoms with van der Waals surface area (Å²) in [6.07, 6.45) is -0.952. The fourth-order valence-corrected chi connectivity index (χ4v) is 6.38. The smallest absolute Gasteiger partial charge is 0.419 e. The van der Waals surface area contributed by atoms with Gasteiger partial charge in [0.1, 0.15) is 16.8 Å². The maximum absolute atomic E-state index is 13.4. The molecule has 0 spiro atoms. The zero-order valence-electron chi connectivity index (χ0n) is 30.4. The van der Waals surface area contributed by atoms with Crippen LogP contribution < -0.4 is 9.62 Å². The summed E-state index contributed by atoms with van der Waals surface area (Å²) in [5, 5.41) is 9.68. The van der Waals surface area contributed by atoms with Crippen molar-refractivity contribution < 1.29 is 37.0 Å². The van der Waals surface area contributed by atoms with Crippen LogP contribution in [0.2, 0.25) is 10.0 Å². The van der Waals surface area contributed by atoms with Gasteiger partial charge in [-0.3, -0.25) is 14.2 Å². The second-order valence-electron chi connectivity index (χ2n) is 14.7. The van der Waals surface area contributed by atoms with Gasteiger partial charge in [0.2, 0.25) is 0 Å². The predicted octanol–water partition coefficient (Wildman–Crippen LogP) is 8.44. The molecule has 4 aromatic rings. The molecule has 0 aliphatic rings. The highest BCUT2D eigenvalue weighted by Crippen LogP contribution is 2.28. The number of hydrogen-bond donors (Lipinski definition) is 1. The molecule has 0 unspecified atom stereocenters. The molecule has 0 bridgehead atoms. The Morgan fingerprint density at radius 1 is 0.731 bits per heavy atom. The molecule has 0 saturated carbocycles. The maximum Gasteiger partial charge on any atom is 0.419 e. The van der Waals surface area contributed by atoms with Crippen LogP contribution in [0.1, 0.15) is 62.3 Å². The van der Waals surface area contributed by atoms with Crippen LogP contribution in [0.5, 0.6) is 0 Å². The van der Waals surface area contributed by atoms with Crippen molar-refractivity contribution in [3.63, 3.8) is 0 Å². The number of fused-ring (bicyclic) bond motifs is 1. The molecule has 2 aromatic heterocycles. The fourth-order valence-electron chi connectivity index (χ4n) is 4.60. The standard InChI is InChI=1S/C35H42Cl2N6O8S/c1-33(2,3)49-30(44)42(16-17-43(31(45)50-34(4,5)6)32(46)51-35(7,8)9)29-13-12-28(38-39-29)41-15-14-22-18-25(10-11-27(22)41)40-52(47,48)26-20-23(36)19-24(37)21-26/h10-15,18-21,40H,16-17H2,1-9H3. The number of amides is 3. The highest BCUT2D eigenvalue weighted by atomic mass is 35.5. The molecule has 14 nitrogen and oxygen atoms in total. The largest absolute Gasteiger partial charge is 0.443 e. The van der Waals surface area contributed by atoms with E-state index in [1.54, 1.807) is 109 Å². The van der Waals surface area contributed by atoms with Gasteiger partial charge in [-0.2, -0.15) is 0 Å². The number of aromatic nitrogens is 3. The van der Waals surface area contributed by atoms with Crippen LogP contribution in [-0.2, 0) is 24.2 Å². The Morgan fingerprint density at radius 2 is 1.29 bits per heavy atom. The van der Waals surface area contributed by atoms with E-state index in [0.29, 0.717) is 22.4 Å². The molecule has 17 heteroatoms. The van der Waals surface area contributed by atoms with E-state index in [0.717, 1.165) is 9.80 Å². The molecule has 1 N–H and O–H groups in total. The van der Waals surface area contributed by atoms with Crippen LogP contribution in [-0.4, -0.2) is 76.3 Å². The van der Waals surface area contributed by atoms with E-state index in [4.69, 9.17) is 37.4 Å². The lowest BCUT2D eigenvalue weighted by Crippen LogP contribution is -2.48. The Labute approximate surface area is 313 Å². The molecule has 3 amide bonds. The van der Waals surface area contributed by atoms with Gasteiger partial charge >= 0.3 is 18.3 Å². The summed E-state index contributed by atoms with van der Waals surface area (Å²) in [4.78, 5) is 41.5. The summed E-state index contributed by atoms with van der Waals surface area (Å²) in [5.74, 6) is 0.467. The maximum atomic E-state index is 13.4. The van der Waals surface area contributed by atoms with Crippen molar-refractivity contribution in [3.8, 4) is 5.82 Å². The van der Waals surface area contributed by atoms with Crippen LogP contribution in [0.4, 0.5) is 25.9 Å². The number of hydrogen-bond acceptors (Lipinski definition) is 10. The highest BCUT2D eigenvalue weighted by Gasteiger charge is 2.33. The third kappa shape index (κ3) is 11.0. The van der Waals surface area contributed by atoms with Crippen molar-refractivity contribution in [2.24, 2.45) is 0 Å². The molecule has 4 rings (SSSR count). The Morgan fingerprint density at radius 3 is 1.81 bits per heavy atom. The summed E-state index contributed by atoms with van der Waals surface area (Å²) < 4.78 is 46.8. The molecule has 2 heterocycles. The van der Waals surface area contributed by atoms with Crippen LogP contribution in [0.25, 0.3) is 16.7 Å². The van der Waals surface area contributed by atoms with Gasteiger partial charge in [0.05, 0.1) is 17.0 Å². The first kappa shape index (κ1) is 40.2. The Bertz CT molecular complexity index is 2020. The van der Waals surface area contributed by atoms with Gasteiger partial charge in [-0.15, -0.1) is 10.2 Å². The Balaban J connectivity index is 1.60. The zero-order chi connectivity index (χ0) is 38.8. The number of imide groups is 1. The van der Waals surface area contributed by atoms with Crippen molar-refractivity contribution in [2.75, 3.05) is 22.7 Å². The fraction of sp³-hybridized carbons (Fsp3) is 0.400. The lowest BCUT2D eigenvalue weighted by atomic mass is 10.2. The van der Waals surface area contributed by atoms with E-state index in [2.05, 4.69) is 14.9 Å². The minimum atomic E-state index is -3.99. The lowest BCUT2D eigenvalue weighted by Gasteiger charge is -2.31. The highest BCUT2D eigenvalue weighted by molar-refractivity contribution is 7.92. The van der Waals surface area contributed by atoms with Crippen LogP contribution in [0, 0.1) is 0 Å². The molecular formula is C35H42Cl2N6O8S. The number of sulfonamides is 1. The topological polar surface area (TPSA) is 162 Å². The van der Waals surface area contributed by atoms with Gasteiger partial charge in [0.25, 0.3) is 10.0 Å². The van der Waals surface area contributed by atoms with E-state index >= 15 is 0 Å². The lowest BCUT2D eigenvalue weighted by molar-refractivity contribution is 0.00153. The molecule has 0 atom stereocenters. The molecule has 0 saturated heterocycles. The minimum Gasteiger partial charge on any atom is -0.443 e. The number of ether oxygens (including phenoxy) is 3. The predicted molar refractivity (Wildman–Crippen MR) is 199 cm³/mol. The Kier molecular flexibility index (Phi) is 11.7. The van der Waals surface area contributed by atoms with E-state index in [1.165, 1.54) is 18.2 Å². The van der Waals surface area contributed by atoms with Crippen molar-refractivity contribution in [3.05, 3.63) is 70.8 Å². The summed E-state index contributed by atoms with van der Waals surface area (Å²) in [5.41, 5.74) is -1.70. The molecule has 0 aliphatic carbocycles. The Hall–Kier alpha value is -4.60. The number of carbonyl (C=O) groups is 3. The van der Waals surface area contributed by atoms with Gasteiger partial charge in [-0.05, 0) is 117 Å². The van der Waals surface area contributed by atoms with Crippen LogP contribution in [0.3, 0.4) is 0 Å². The third-order valence-electron chi connectivity index (χ3n) is 6.64. The first-order valence-electron chi connectivity index (χ1n) is 16.1. The quantitative estimate of drug-likeness (QED) is 0.172. The molecule has 2 aromatic carbocycles. The van der Waals surface area contributed by atoms with E-state index < -0.39 is 45.1 Å². The monoisotopic (exact) mass is 776 g/mol. The average Bonchev–Trinajstić information content (AvgIpc) is 3.39. The van der Waals surface area contributed by atoms with Gasteiger partial charge in [-0.1, -0.05) is 23.2 Å². The van der Waals surface area contributed by atoms with Gasteiger partial charge in [0.15, 0.2) is 11.6 Å². The van der Waals surface area contributed by atoms with Crippen LogP contribution >= 0.6 is 23.2 Å². The molecular weight excluding hydrogens is 735 g/mol. The van der Waals surface area contributed by atoms with Gasteiger partial charge in [-0.25, -0.2) is 27.7 Å². The van der Waals surface area contributed by atoms with Crippen molar-refractivity contribution in [1.82, 2.24) is 19.7 Å². The number of nitrogens with zero attached hydrogens (tertiary/aromatic N) is 5. The van der Waals surface area contributed by atoms with Crippen molar-refractivity contribution >= 4 is 73.9 Å². The summed E-state index contributed by atoms with van der Waals surface area (Å²) in [6, 6.07) is 13.9. The number of halogens is 2. The van der Waals surface area contributed by atoms with E-state index in [-0.39, 0.29) is 33.8 Å². The SMILES string of the molecule is CC(C)(C)OC(=O)N(CCN(C(=O)OC(C)(C)C)c1ccc(-n2ccc3cc(NS(=O)(=O)c4cc(Cl)cc(Cl)c4)ccc32)nn1)C(=O)OC(C)(C)C. The number of nitrogens with one attached hydrogen (secondary N) is 1. The second-order valence-corrected chi connectivity index (χ2v) is 17.2. The summed E-state index contributed by atoms with van der Waals surface area (Å²) in [7, 11) is -3.99. The summed E-state index contributed by atoms with van der Waals surface area (Å²) in [6.45, 7) is 14.5. The first-order chi connectivity index (χ1) is 23.9. The van der Waals surface area contributed by atoms with Gasteiger partial charge < -0.3 is 14.2 Å². The minimum absolute atomic E-state index is 0.0826. The normalized spacial score (nSPS) is 12.3. The molecule has 0 radical (unpaired) electrons. The number of benzene rings is 2. The van der Waals surface area contributed by atoms with E-state index in [9.17, 15) is 22.8 Å². The molecule has 0 fully saturated rings. The van der Waals surface area contributed by atoms with Crippen LogP contribution in [0.15, 0.2) is 65.7 Å². The second kappa shape index (κ2) is 15.2. The van der Waals surface area contributed by atoms with Crippen molar-refractivity contribution in [2.45, 2.75) is 84.0 Å². The zero-order valence-corrected chi connectivity index (χ0v) is 32.7. The first-order valence-corrected chi connectivity index (χ1v) is 18.3. The summed E-state index contributed by atoms with van der Waals surface area (Å²) >= 11 is 12.0. The van der Waals surface area contributed by atoms with Gasteiger partial charge in [0, 0.05) is 33.9 Å². The third-order valence-corrected chi connectivity index (χ3v) is 8.43. The number of carbonyl (C=O) groups excluding carboxylic acids is 3. The molecule has 0 aliphatic heterocycles. The van der Waals surface area contributed by atoms with Crippen molar-refractivity contribution in [1.29, 1.82) is 0 Å². The number of anilines is 2. The average molecular weight is 778 g/mol. The van der Waals surface area contributed by atoms with E-state index in [1.807, 2.05) is 0 Å². The number of rotatable bonds is 8. The molecule has 52 heavy (non-hydrogen) atoms. The molecule has 280 valence electrons.